The van der Waals surface area contributed by atoms with Crippen LogP contribution in [0.3, 0.4) is 0 Å². The highest BCUT2D eigenvalue weighted by molar-refractivity contribution is 5.94. The van der Waals surface area contributed by atoms with Crippen molar-refractivity contribution in [1.82, 2.24) is 4.98 Å². The molecule has 21 heavy (non-hydrogen) atoms. The van der Waals surface area contributed by atoms with E-state index in [0.717, 1.165) is 5.39 Å². The summed E-state index contributed by atoms with van der Waals surface area (Å²) in [6, 6.07) is 16.1. The zero-order valence-corrected chi connectivity index (χ0v) is 11.4. The first-order valence-corrected chi connectivity index (χ1v) is 6.48. The largest absolute Gasteiger partial charge is 0.497 e. The topological polar surface area (TPSA) is 48.4 Å². The van der Waals surface area contributed by atoms with E-state index in [1.807, 2.05) is 24.3 Å². The first kappa shape index (κ1) is 13.1. The predicted molar refractivity (Wildman–Crippen MR) is 79.7 cm³/mol. The average Bonchev–Trinajstić information content (AvgIpc) is 2.55. The highest BCUT2D eigenvalue weighted by Gasteiger charge is 2.12. The van der Waals surface area contributed by atoms with E-state index in [1.54, 1.807) is 43.6 Å². The molecule has 0 aliphatic rings. The lowest BCUT2D eigenvalue weighted by Crippen LogP contribution is -2.09. The molecule has 1 aromatic heterocycles. The molecule has 0 saturated heterocycles. The number of carbonyl (C=O) groups excluding carboxylic acids is 1. The van der Waals surface area contributed by atoms with Gasteiger partial charge in [0.15, 0.2) is 5.75 Å². The van der Waals surface area contributed by atoms with Crippen LogP contribution in [-0.2, 0) is 0 Å². The van der Waals surface area contributed by atoms with Gasteiger partial charge >= 0.3 is 5.97 Å². The summed E-state index contributed by atoms with van der Waals surface area (Å²) >= 11 is 0. The van der Waals surface area contributed by atoms with Gasteiger partial charge in [-0.05, 0) is 30.3 Å². The van der Waals surface area contributed by atoms with Crippen molar-refractivity contribution in [3.63, 3.8) is 0 Å². The van der Waals surface area contributed by atoms with Gasteiger partial charge in [-0.15, -0.1) is 0 Å². The molecule has 3 aromatic rings. The summed E-state index contributed by atoms with van der Waals surface area (Å²) in [6.07, 6.45) is 1.67. The Morgan fingerprint density at radius 3 is 2.71 bits per heavy atom. The minimum absolute atomic E-state index is 0.433. The quantitative estimate of drug-likeness (QED) is 0.544. The molecule has 0 N–H and O–H groups in total. The summed E-state index contributed by atoms with van der Waals surface area (Å²) in [7, 11) is 1.55. The number of para-hydroxylation sites is 1. The second kappa shape index (κ2) is 5.63. The van der Waals surface area contributed by atoms with Crippen molar-refractivity contribution in [2.75, 3.05) is 7.11 Å². The molecule has 4 heteroatoms. The summed E-state index contributed by atoms with van der Waals surface area (Å²) in [4.78, 5) is 16.5. The number of fused-ring (bicyclic) bond motifs is 1. The smallest absolute Gasteiger partial charge is 0.343 e. The van der Waals surface area contributed by atoms with Crippen molar-refractivity contribution in [3.8, 4) is 11.5 Å². The van der Waals surface area contributed by atoms with E-state index in [-0.39, 0.29) is 0 Å². The summed E-state index contributed by atoms with van der Waals surface area (Å²) in [5.74, 6) is 0.619. The van der Waals surface area contributed by atoms with Gasteiger partial charge in [0.05, 0.1) is 12.7 Å². The van der Waals surface area contributed by atoms with E-state index in [2.05, 4.69) is 4.98 Å². The number of esters is 1. The van der Waals surface area contributed by atoms with Crippen LogP contribution in [0, 0.1) is 0 Å². The second-order valence-electron chi connectivity index (χ2n) is 4.45. The molecule has 3 rings (SSSR count). The highest BCUT2D eigenvalue weighted by atomic mass is 16.5. The Hall–Kier alpha value is -2.88. The Bertz CT molecular complexity index is 793. The number of hydrogen-bond acceptors (Lipinski definition) is 4. The van der Waals surface area contributed by atoms with Gasteiger partial charge in [0.25, 0.3) is 0 Å². The van der Waals surface area contributed by atoms with Crippen LogP contribution < -0.4 is 9.47 Å². The van der Waals surface area contributed by atoms with Crippen molar-refractivity contribution < 1.29 is 14.3 Å². The third-order valence-corrected chi connectivity index (χ3v) is 3.10. The van der Waals surface area contributed by atoms with E-state index in [1.165, 1.54) is 0 Å². The minimum atomic E-state index is -0.438. The first-order valence-electron chi connectivity index (χ1n) is 6.48. The molecule has 0 aliphatic heterocycles. The number of benzene rings is 2. The fourth-order valence-electron chi connectivity index (χ4n) is 2.07. The van der Waals surface area contributed by atoms with E-state index in [0.29, 0.717) is 22.6 Å². The lowest BCUT2D eigenvalue weighted by Gasteiger charge is -2.07. The summed E-state index contributed by atoms with van der Waals surface area (Å²) in [5, 5.41) is 0.924. The average molecular weight is 279 g/mol. The SMILES string of the molecule is COc1cccc(C(=O)Oc2cccc3cccnc23)c1. The van der Waals surface area contributed by atoms with Crippen molar-refractivity contribution >= 4 is 16.9 Å². The molecule has 4 nitrogen and oxygen atoms in total. The molecule has 0 aliphatic carbocycles. The van der Waals surface area contributed by atoms with Crippen molar-refractivity contribution in [1.29, 1.82) is 0 Å². The van der Waals surface area contributed by atoms with Gasteiger partial charge in [-0.2, -0.15) is 0 Å². The lowest BCUT2D eigenvalue weighted by molar-refractivity contribution is 0.0736. The zero-order chi connectivity index (χ0) is 14.7. The standard InChI is InChI=1S/C17H13NO3/c1-20-14-8-2-6-13(11-14)17(19)21-15-9-3-5-12-7-4-10-18-16(12)15/h2-11H,1H3. The van der Waals surface area contributed by atoms with Crippen LogP contribution in [0.5, 0.6) is 11.5 Å². The van der Waals surface area contributed by atoms with Gasteiger partial charge in [0.1, 0.15) is 11.3 Å². The van der Waals surface area contributed by atoms with Crippen LogP contribution in [-0.4, -0.2) is 18.1 Å². The Morgan fingerprint density at radius 1 is 1.05 bits per heavy atom. The summed E-state index contributed by atoms with van der Waals surface area (Å²) in [5.41, 5.74) is 1.10. The predicted octanol–water partition coefficient (Wildman–Crippen LogP) is 3.46. The Labute approximate surface area is 122 Å². The monoisotopic (exact) mass is 279 g/mol. The molecule has 2 aromatic carbocycles. The van der Waals surface area contributed by atoms with Gasteiger partial charge in [-0.1, -0.05) is 24.3 Å². The Balaban J connectivity index is 1.93. The van der Waals surface area contributed by atoms with Gasteiger partial charge in [-0.25, -0.2) is 4.79 Å². The number of nitrogens with zero attached hydrogens (tertiary/aromatic N) is 1. The maximum atomic E-state index is 12.2. The van der Waals surface area contributed by atoms with Crippen LogP contribution in [0.4, 0.5) is 0 Å². The second-order valence-corrected chi connectivity index (χ2v) is 4.45. The van der Waals surface area contributed by atoms with Crippen LogP contribution in [0.2, 0.25) is 0 Å². The van der Waals surface area contributed by atoms with Gasteiger partial charge in [0.2, 0.25) is 0 Å². The molecule has 0 bridgehead atoms. The molecule has 104 valence electrons. The first-order chi connectivity index (χ1) is 10.3. The molecule has 0 unspecified atom stereocenters. The van der Waals surface area contributed by atoms with Crippen LogP contribution in [0.25, 0.3) is 10.9 Å². The minimum Gasteiger partial charge on any atom is -0.497 e. The number of methoxy groups -OCH3 is 1. The number of ether oxygens (including phenoxy) is 2. The van der Waals surface area contributed by atoms with Crippen molar-refractivity contribution in [3.05, 3.63) is 66.4 Å². The van der Waals surface area contributed by atoms with Gasteiger partial charge in [-0.3, -0.25) is 4.98 Å². The van der Waals surface area contributed by atoms with Gasteiger partial charge in [0, 0.05) is 11.6 Å². The van der Waals surface area contributed by atoms with Crippen LogP contribution in [0.15, 0.2) is 60.8 Å². The molecular weight excluding hydrogens is 266 g/mol. The van der Waals surface area contributed by atoms with Crippen LogP contribution >= 0.6 is 0 Å². The highest BCUT2D eigenvalue weighted by Crippen LogP contribution is 2.24. The zero-order valence-electron chi connectivity index (χ0n) is 11.4. The molecule has 1 heterocycles. The fourth-order valence-corrected chi connectivity index (χ4v) is 2.07. The number of hydrogen-bond donors (Lipinski definition) is 0. The normalized spacial score (nSPS) is 10.3. The molecular formula is C17H13NO3. The molecule has 0 atom stereocenters. The maximum Gasteiger partial charge on any atom is 0.343 e. The molecule has 0 amide bonds. The molecule has 0 spiro atoms. The summed E-state index contributed by atoms with van der Waals surface area (Å²) in [6.45, 7) is 0. The fraction of sp³-hybridized carbons (Fsp3) is 0.0588. The van der Waals surface area contributed by atoms with E-state index >= 15 is 0 Å². The summed E-state index contributed by atoms with van der Waals surface area (Å²) < 4.78 is 10.6. The van der Waals surface area contributed by atoms with Crippen molar-refractivity contribution in [2.45, 2.75) is 0 Å². The lowest BCUT2D eigenvalue weighted by atomic mass is 10.2. The Kier molecular flexibility index (Phi) is 3.51. The third kappa shape index (κ3) is 2.69. The van der Waals surface area contributed by atoms with E-state index in [9.17, 15) is 4.79 Å². The molecule has 0 saturated carbocycles. The maximum absolute atomic E-state index is 12.2. The number of carbonyl (C=O) groups is 1. The molecule has 0 fully saturated rings. The van der Waals surface area contributed by atoms with Crippen molar-refractivity contribution in [2.24, 2.45) is 0 Å². The Morgan fingerprint density at radius 2 is 1.86 bits per heavy atom. The number of rotatable bonds is 3. The number of aromatic nitrogens is 1. The van der Waals surface area contributed by atoms with Gasteiger partial charge < -0.3 is 9.47 Å². The third-order valence-electron chi connectivity index (χ3n) is 3.10. The van der Waals surface area contributed by atoms with E-state index in [4.69, 9.17) is 9.47 Å². The molecule has 0 radical (unpaired) electrons. The van der Waals surface area contributed by atoms with Crippen LogP contribution in [0.1, 0.15) is 10.4 Å². The van der Waals surface area contributed by atoms with E-state index < -0.39 is 5.97 Å². The number of pyridine rings is 1.